The number of fused-ring (bicyclic) bond motifs is 4. The highest BCUT2D eigenvalue weighted by Crippen LogP contribution is 2.41. The van der Waals surface area contributed by atoms with Gasteiger partial charge in [-0.2, -0.15) is 0 Å². The highest BCUT2D eigenvalue weighted by molar-refractivity contribution is 7.21. The molecule has 5 nitrogen and oxygen atoms in total. The van der Waals surface area contributed by atoms with E-state index in [-0.39, 0.29) is 0 Å². The lowest BCUT2D eigenvalue weighted by Gasteiger charge is -2.08. The van der Waals surface area contributed by atoms with Crippen molar-refractivity contribution in [2.75, 3.05) is 0 Å². The molecule has 3 aromatic heterocycles. The van der Waals surface area contributed by atoms with Gasteiger partial charge in [-0.1, -0.05) is 121 Å². The summed E-state index contributed by atoms with van der Waals surface area (Å²) in [6.07, 6.45) is 0. The molecule has 0 bridgehead atoms. The summed E-state index contributed by atoms with van der Waals surface area (Å²) in [4.78, 5) is 19.7. The molecule has 216 valence electrons. The Morgan fingerprint density at radius 3 is 1.65 bits per heavy atom. The molecule has 6 heteroatoms. The van der Waals surface area contributed by atoms with Crippen LogP contribution in [-0.2, 0) is 0 Å². The molecule has 6 aromatic carbocycles. The third kappa shape index (κ3) is 4.55. The molecule has 0 fully saturated rings. The van der Waals surface area contributed by atoms with E-state index in [1.54, 1.807) is 11.3 Å². The van der Waals surface area contributed by atoms with Gasteiger partial charge in [0.2, 0.25) is 0 Å². The van der Waals surface area contributed by atoms with Crippen molar-refractivity contribution in [3.8, 4) is 55.9 Å². The number of para-hydroxylation sites is 3. The minimum Gasteiger partial charge on any atom is -0.455 e. The SMILES string of the molecule is c1ccc(-c2nc(-c3ccccc3)nc(-c3cccc4c3oc3c(-c5cccc(-c6nc7ccccc7s6)c5)cccc34)n2)cc1. The summed E-state index contributed by atoms with van der Waals surface area (Å²) in [5.41, 5.74) is 8.44. The van der Waals surface area contributed by atoms with Crippen LogP contribution in [0, 0.1) is 0 Å². The molecule has 0 amide bonds. The molecule has 0 saturated carbocycles. The minimum absolute atomic E-state index is 0.566. The largest absolute Gasteiger partial charge is 0.455 e. The summed E-state index contributed by atoms with van der Waals surface area (Å²) in [5, 5.41) is 3.06. The van der Waals surface area contributed by atoms with E-state index in [1.807, 2.05) is 78.9 Å². The summed E-state index contributed by atoms with van der Waals surface area (Å²) >= 11 is 1.71. The first kappa shape index (κ1) is 26.4. The van der Waals surface area contributed by atoms with Crippen LogP contribution in [-0.4, -0.2) is 19.9 Å². The quantitative estimate of drug-likeness (QED) is 0.194. The standard InChI is InChI=1S/C40H24N4OS/c1-3-12-25(13-4-1)37-42-38(26-14-5-2-6-15-26)44-39(43-37)32-21-11-20-31-30-19-10-18-29(35(30)45-36(31)32)27-16-9-17-28(24-27)40-41-33-22-7-8-23-34(33)46-40/h1-24H. The smallest absolute Gasteiger partial charge is 0.167 e. The highest BCUT2D eigenvalue weighted by atomic mass is 32.1. The summed E-state index contributed by atoms with van der Waals surface area (Å²) in [5.74, 6) is 1.80. The fourth-order valence-corrected chi connectivity index (χ4v) is 6.93. The first-order valence-electron chi connectivity index (χ1n) is 15.1. The van der Waals surface area contributed by atoms with E-state index < -0.39 is 0 Å². The second kappa shape index (κ2) is 10.9. The van der Waals surface area contributed by atoms with Crippen LogP contribution in [0.25, 0.3) is 88.0 Å². The van der Waals surface area contributed by atoms with Gasteiger partial charge in [0.25, 0.3) is 0 Å². The molecule has 9 aromatic rings. The zero-order valence-corrected chi connectivity index (χ0v) is 25.3. The van der Waals surface area contributed by atoms with Gasteiger partial charge in [0.1, 0.15) is 16.2 Å². The van der Waals surface area contributed by atoms with E-state index in [0.717, 1.165) is 65.8 Å². The zero-order valence-electron chi connectivity index (χ0n) is 24.5. The van der Waals surface area contributed by atoms with Crippen LogP contribution < -0.4 is 0 Å². The Bertz CT molecular complexity index is 2450. The van der Waals surface area contributed by atoms with Crippen LogP contribution in [0.5, 0.6) is 0 Å². The lowest BCUT2D eigenvalue weighted by atomic mass is 10.0. The number of furan rings is 1. The highest BCUT2D eigenvalue weighted by Gasteiger charge is 2.19. The average molecular weight is 609 g/mol. The number of benzene rings is 6. The van der Waals surface area contributed by atoms with Crippen LogP contribution in [0.15, 0.2) is 150 Å². The molecule has 0 spiro atoms. The second-order valence-electron chi connectivity index (χ2n) is 11.1. The van der Waals surface area contributed by atoms with Crippen molar-refractivity contribution in [1.82, 2.24) is 19.9 Å². The van der Waals surface area contributed by atoms with Gasteiger partial charge in [-0.15, -0.1) is 11.3 Å². The fraction of sp³-hybridized carbons (Fsp3) is 0. The first-order chi connectivity index (χ1) is 22.8. The molecule has 0 saturated heterocycles. The fourth-order valence-electron chi connectivity index (χ4n) is 5.97. The van der Waals surface area contributed by atoms with E-state index >= 15 is 0 Å². The lowest BCUT2D eigenvalue weighted by molar-refractivity contribution is 0.670. The Balaban J connectivity index is 1.21. The molecule has 0 N–H and O–H groups in total. The Morgan fingerprint density at radius 1 is 0.413 bits per heavy atom. The zero-order chi connectivity index (χ0) is 30.5. The maximum Gasteiger partial charge on any atom is 0.167 e. The van der Waals surface area contributed by atoms with Crippen molar-refractivity contribution < 1.29 is 4.42 Å². The maximum atomic E-state index is 6.79. The molecular weight excluding hydrogens is 585 g/mol. The van der Waals surface area contributed by atoms with Crippen molar-refractivity contribution in [2.24, 2.45) is 0 Å². The molecule has 0 unspecified atom stereocenters. The van der Waals surface area contributed by atoms with Crippen molar-refractivity contribution in [1.29, 1.82) is 0 Å². The minimum atomic E-state index is 0.566. The topological polar surface area (TPSA) is 64.7 Å². The van der Waals surface area contributed by atoms with Gasteiger partial charge in [0.05, 0.1) is 15.8 Å². The summed E-state index contributed by atoms with van der Waals surface area (Å²) in [6.45, 7) is 0. The molecule has 0 aliphatic heterocycles. The van der Waals surface area contributed by atoms with Crippen LogP contribution in [0.2, 0.25) is 0 Å². The molecule has 9 rings (SSSR count). The van der Waals surface area contributed by atoms with Gasteiger partial charge in [-0.25, -0.2) is 19.9 Å². The molecule has 0 radical (unpaired) electrons. The summed E-state index contributed by atoms with van der Waals surface area (Å²) < 4.78 is 7.97. The number of thiazole rings is 1. The number of nitrogens with zero attached hydrogens (tertiary/aromatic N) is 4. The number of hydrogen-bond acceptors (Lipinski definition) is 6. The number of hydrogen-bond donors (Lipinski definition) is 0. The van der Waals surface area contributed by atoms with Gasteiger partial charge in [-0.05, 0) is 29.8 Å². The van der Waals surface area contributed by atoms with Crippen LogP contribution in [0.4, 0.5) is 0 Å². The third-order valence-corrected chi connectivity index (χ3v) is 9.26. The Labute approximate surface area is 268 Å². The van der Waals surface area contributed by atoms with Crippen LogP contribution in [0.3, 0.4) is 0 Å². The van der Waals surface area contributed by atoms with Gasteiger partial charge in [0.15, 0.2) is 17.5 Å². The van der Waals surface area contributed by atoms with E-state index in [9.17, 15) is 0 Å². The van der Waals surface area contributed by atoms with Gasteiger partial charge < -0.3 is 4.42 Å². The van der Waals surface area contributed by atoms with Crippen molar-refractivity contribution >= 4 is 43.5 Å². The van der Waals surface area contributed by atoms with Crippen molar-refractivity contribution in [3.63, 3.8) is 0 Å². The van der Waals surface area contributed by atoms with E-state index in [0.29, 0.717) is 17.5 Å². The van der Waals surface area contributed by atoms with E-state index in [1.165, 1.54) is 4.70 Å². The van der Waals surface area contributed by atoms with E-state index in [2.05, 4.69) is 66.7 Å². The Kier molecular flexibility index (Phi) is 6.25. The lowest BCUT2D eigenvalue weighted by Crippen LogP contribution is -2.00. The Morgan fingerprint density at radius 2 is 0.957 bits per heavy atom. The molecule has 3 heterocycles. The molecule has 0 aliphatic rings. The van der Waals surface area contributed by atoms with Gasteiger partial charge >= 0.3 is 0 Å². The predicted molar refractivity (Wildman–Crippen MR) is 187 cm³/mol. The molecule has 46 heavy (non-hydrogen) atoms. The normalized spacial score (nSPS) is 11.5. The maximum absolute atomic E-state index is 6.79. The van der Waals surface area contributed by atoms with Crippen LogP contribution >= 0.6 is 11.3 Å². The van der Waals surface area contributed by atoms with Gasteiger partial charge in [-0.3, -0.25) is 0 Å². The molecule has 0 aliphatic carbocycles. The number of rotatable bonds is 5. The Hall–Kier alpha value is -5.98. The molecular formula is C40H24N4OS. The molecule has 0 atom stereocenters. The monoisotopic (exact) mass is 608 g/mol. The third-order valence-electron chi connectivity index (χ3n) is 8.18. The summed E-state index contributed by atoms with van der Waals surface area (Å²) in [7, 11) is 0. The van der Waals surface area contributed by atoms with Crippen molar-refractivity contribution in [2.45, 2.75) is 0 Å². The number of aromatic nitrogens is 4. The average Bonchev–Trinajstić information content (AvgIpc) is 3.74. The summed E-state index contributed by atoms with van der Waals surface area (Å²) in [6, 6.07) is 49.3. The second-order valence-corrected chi connectivity index (χ2v) is 12.1. The predicted octanol–water partition coefficient (Wildman–Crippen LogP) is 10.7. The van der Waals surface area contributed by atoms with E-state index in [4.69, 9.17) is 24.4 Å². The van der Waals surface area contributed by atoms with Crippen LogP contribution in [0.1, 0.15) is 0 Å². The van der Waals surface area contributed by atoms with Gasteiger partial charge in [0, 0.05) is 33.0 Å². The van der Waals surface area contributed by atoms with Crippen molar-refractivity contribution in [3.05, 3.63) is 146 Å². The first-order valence-corrected chi connectivity index (χ1v) is 15.9.